The SMILES string of the molecule is [C-]#[N+]c1cc(C)c2c(Cl)ncnn12. The average Bonchev–Trinajstić information content (AvgIpc) is 2.44. The molecule has 0 saturated heterocycles. The Hall–Kier alpha value is -1.60. The number of halogens is 1. The van der Waals surface area contributed by atoms with Crippen LogP contribution in [0.4, 0.5) is 5.82 Å². The van der Waals surface area contributed by atoms with E-state index in [1.165, 1.54) is 10.8 Å². The number of fused-ring (bicyclic) bond motifs is 1. The summed E-state index contributed by atoms with van der Waals surface area (Å²) in [5.41, 5.74) is 1.62. The number of nitrogens with zero attached hydrogens (tertiary/aromatic N) is 4. The summed E-state index contributed by atoms with van der Waals surface area (Å²) >= 11 is 5.86. The summed E-state index contributed by atoms with van der Waals surface area (Å²) in [4.78, 5) is 7.17. The summed E-state index contributed by atoms with van der Waals surface area (Å²) in [6, 6.07) is 1.74. The predicted octanol–water partition coefficient (Wildman–Crippen LogP) is 2.24. The molecule has 0 unspecified atom stereocenters. The van der Waals surface area contributed by atoms with Gasteiger partial charge in [-0.2, -0.15) is 4.52 Å². The van der Waals surface area contributed by atoms with Crippen LogP contribution in [0.1, 0.15) is 5.56 Å². The zero-order valence-corrected chi connectivity index (χ0v) is 7.58. The van der Waals surface area contributed by atoms with Crippen LogP contribution in [-0.2, 0) is 0 Å². The number of rotatable bonds is 0. The van der Waals surface area contributed by atoms with Crippen LogP contribution >= 0.6 is 11.6 Å². The van der Waals surface area contributed by atoms with Gasteiger partial charge in [0, 0.05) is 0 Å². The highest BCUT2D eigenvalue weighted by Crippen LogP contribution is 2.25. The third kappa shape index (κ3) is 1.05. The second-order valence-electron chi connectivity index (χ2n) is 2.61. The molecule has 13 heavy (non-hydrogen) atoms. The maximum absolute atomic E-state index is 6.91. The van der Waals surface area contributed by atoms with Crippen molar-refractivity contribution in [3.05, 3.63) is 34.5 Å². The highest BCUT2D eigenvalue weighted by Gasteiger charge is 2.12. The molecule has 0 atom stereocenters. The van der Waals surface area contributed by atoms with Crippen molar-refractivity contribution in [3.63, 3.8) is 0 Å². The fourth-order valence-corrected chi connectivity index (χ4v) is 1.51. The molecule has 2 aromatic heterocycles. The number of aromatic nitrogens is 3. The van der Waals surface area contributed by atoms with Crippen LogP contribution < -0.4 is 0 Å². The summed E-state index contributed by atoms with van der Waals surface area (Å²) in [5, 5.41) is 4.32. The maximum Gasteiger partial charge on any atom is 0.256 e. The third-order valence-corrected chi connectivity index (χ3v) is 2.07. The van der Waals surface area contributed by atoms with Crippen LogP contribution in [0.15, 0.2) is 12.4 Å². The molecule has 0 fully saturated rings. The monoisotopic (exact) mass is 192 g/mol. The van der Waals surface area contributed by atoms with Crippen molar-refractivity contribution in [2.75, 3.05) is 0 Å². The Morgan fingerprint density at radius 1 is 1.62 bits per heavy atom. The summed E-state index contributed by atoms with van der Waals surface area (Å²) in [5.74, 6) is 0.455. The predicted molar refractivity (Wildman–Crippen MR) is 49.0 cm³/mol. The first-order valence-corrected chi connectivity index (χ1v) is 3.98. The van der Waals surface area contributed by atoms with Gasteiger partial charge in [0.2, 0.25) is 0 Å². The summed E-state index contributed by atoms with van der Waals surface area (Å²) in [6.07, 6.45) is 1.34. The van der Waals surface area contributed by atoms with Crippen LogP contribution in [-0.4, -0.2) is 14.6 Å². The molecule has 0 amide bonds. The molecule has 4 nitrogen and oxygen atoms in total. The molecule has 0 aliphatic heterocycles. The van der Waals surface area contributed by atoms with E-state index in [2.05, 4.69) is 14.9 Å². The Balaban J connectivity index is 2.98. The molecule has 2 rings (SSSR count). The van der Waals surface area contributed by atoms with E-state index in [0.29, 0.717) is 16.5 Å². The zero-order chi connectivity index (χ0) is 9.42. The van der Waals surface area contributed by atoms with E-state index in [1.54, 1.807) is 6.07 Å². The Morgan fingerprint density at radius 3 is 3.08 bits per heavy atom. The van der Waals surface area contributed by atoms with Gasteiger partial charge in [0.15, 0.2) is 17.0 Å². The Labute approximate surface area is 79.6 Å². The van der Waals surface area contributed by atoms with E-state index in [1.807, 2.05) is 6.92 Å². The minimum Gasteiger partial charge on any atom is -0.362 e. The van der Waals surface area contributed by atoms with Crippen molar-refractivity contribution in [1.82, 2.24) is 14.6 Å². The number of hydrogen-bond acceptors (Lipinski definition) is 2. The summed E-state index contributed by atoms with van der Waals surface area (Å²) in [6.45, 7) is 8.78. The molecule has 0 aromatic carbocycles. The van der Waals surface area contributed by atoms with Crippen LogP contribution in [0.2, 0.25) is 5.15 Å². The Bertz CT molecular complexity index is 509. The molecule has 0 saturated carbocycles. The molecule has 2 aromatic rings. The first kappa shape index (κ1) is 8.02. The van der Waals surface area contributed by atoms with Gasteiger partial charge in [0.05, 0.1) is 0 Å². The molecule has 0 N–H and O–H groups in total. The molecule has 0 radical (unpaired) electrons. The minimum absolute atomic E-state index is 0.377. The Morgan fingerprint density at radius 2 is 2.38 bits per heavy atom. The van der Waals surface area contributed by atoms with Crippen molar-refractivity contribution in [1.29, 1.82) is 0 Å². The molecule has 64 valence electrons. The lowest BCUT2D eigenvalue weighted by molar-refractivity contribution is 0.915. The number of hydrogen-bond donors (Lipinski definition) is 0. The van der Waals surface area contributed by atoms with E-state index < -0.39 is 0 Å². The molecule has 0 bridgehead atoms. The fraction of sp³-hybridized carbons (Fsp3) is 0.125. The Kier molecular flexibility index (Phi) is 1.67. The van der Waals surface area contributed by atoms with Gasteiger partial charge in [-0.15, -0.1) is 0 Å². The van der Waals surface area contributed by atoms with Gasteiger partial charge < -0.3 is 4.85 Å². The van der Waals surface area contributed by atoms with Gasteiger partial charge in [-0.3, -0.25) is 0 Å². The van der Waals surface area contributed by atoms with Gasteiger partial charge in [0.1, 0.15) is 0 Å². The second kappa shape index (κ2) is 2.71. The van der Waals surface area contributed by atoms with E-state index in [9.17, 15) is 0 Å². The third-order valence-electron chi connectivity index (χ3n) is 1.80. The quantitative estimate of drug-likeness (QED) is 0.600. The first-order valence-electron chi connectivity index (χ1n) is 3.60. The highest BCUT2D eigenvalue weighted by molar-refractivity contribution is 6.32. The standard InChI is InChI=1S/C8H5ClN4/c1-5-3-6(10-2)13-7(5)8(9)11-4-12-13/h3-4H,1H3. The van der Waals surface area contributed by atoms with Crippen molar-refractivity contribution in [2.45, 2.75) is 6.92 Å². The van der Waals surface area contributed by atoms with Crippen molar-refractivity contribution < 1.29 is 0 Å². The van der Waals surface area contributed by atoms with Crippen LogP contribution in [0.25, 0.3) is 10.4 Å². The molecule has 0 aliphatic carbocycles. The van der Waals surface area contributed by atoms with Crippen molar-refractivity contribution >= 4 is 22.9 Å². The molecular formula is C8H5ClN4. The molecule has 5 heteroatoms. The van der Waals surface area contributed by atoms with E-state index in [-0.39, 0.29) is 0 Å². The van der Waals surface area contributed by atoms with E-state index >= 15 is 0 Å². The molecular weight excluding hydrogens is 188 g/mol. The van der Waals surface area contributed by atoms with Crippen molar-refractivity contribution in [3.8, 4) is 0 Å². The average molecular weight is 193 g/mol. The molecule has 0 spiro atoms. The van der Waals surface area contributed by atoms with Crippen molar-refractivity contribution in [2.24, 2.45) is 0 Å². The van der Waals surface area contributed by atoms with Gasteiger partial charge >= 0.3 is 0 Å². The largest absolute Gasteiger partial charge is 0.362 e. The topological polar surface area (TPSA) is 34.5 Å². The van der Waals surface area contributed by atoms with E-state index in [0.717, 1.165) is 5.56 Å². The van der Waals surface area contributed by atoms with Crippen LogP contribution in [0.5, 0.6) is 0 Å². The molecule has 0 aliphatic rings. The lowest BCUT2D eigenvalue weighted by atomic mass is 10.3. The fourth-order valence-electron chi connectivity index (χ4n) is 1.24. The van der Waals surface area contributed by atoms with Crippen LogP contribution in [0.3, 0.4) is 0 Å². The normalized spacial score (nSPS) is 10.2. The zero-order valence-electron chi connectivity index (χ0n) is 6.82. The minimum atomic E-state index is 0.377. The van der Waals surface area contributed by atoms with E-state index in [4.69, 9.17) is 18.2 Å². The smallest absolute Gasteiger partial charge is 0.256 e. The van der Waals surface area contributed by atoms with Crippen LogP contribution in [0, 0.1) is 13.5 Å². The second-order valence-corrected chi connectivity index (χ2v) is 2.97. The first-order chi connectivity index (χ1) is 6.24. The van der Waals surface area contributed by atoms with Gasteiger partial charge in [-0.1, -0.05) is 23.3 Å². The lowest BCUT2D eigenvalue weighted by Crippen LogP contribution is -1.92. The lowest BCUT2D eigenvalue weighted by Gasteiger charge is -1.92. The summed E-state index contributed by atoms with van der Waals surface area (Å²) < 4.78 is 1.50. The van der Waals surface area contributed by atoms with Gasteiger partial charge in [-0.25, -0.2) is 4.98 Å². The van der Waals surface area contributed by atoms with Gasteiger partial charge in [0.25, 0.3) is 5.82 Å². The maximum atomic E-state index is 6.91. The molecule has 2 heterocycles. The summed E-state index contributed by atoms with van der Waals surface area (Å²) in [7, 11) is 0. The van der Waals surface area contributed by atoms with Gasteiger partial charge in [-0.05, 0) is 18.6 Å². The number of aryl methyl sites for hydroxylation is 1. The highest BCUT2D eigenvalue weighted by atomic mass is 35.5.